The van der Waals surface area contributed by atoms with Crippen LogP contribution in [0.5, 0.6) is 11.6 Å². The molecule has 1 heterocycles. The van der Waals surface area contributed by atoms with Crippen molar-refractivity contribution in [1.29, 1.82) is 0 Å². The first kappa shape index (κ1) is 24.4. The van der Waals surface area contributed by atoms with Crippen LogP contribution in [0.4, 0.5) is 0 Å². The second-order valence-electron chi connectivity index (χ2n) is 8.31. The van der Waals surface area contributed by atoms with Gasteiger partial charge in [0.15, 0.2) is 0 Å². The summed E-state index contributed by atoms with van der Waals surface area (Å²) in [5.74, 6) is 0.962. The van der Waals surface area contributed by atoms with Crippen LogP contribution in [0.3, 0.4) is 0 Å². The Morgan fingerprint density at radius 3 is 2.51 bits per heavy atom. The fourth-order valence-electron chi connectivity index (χ4n) is 3.51. The zero-order valence-electron chi connectivity index (χ0n) is 19.6. The molecule has 0 spiro atoms. The summed E-state index contributed by atoms with van der Waals surface area (Å²) in [5, 5.41) is 4.58. The second-order valence-corrected chi connectivity index (χ2v) is 10.1. The van der Waals surface area contributed by atoms with E-state index in [1.807, 2.05) is 62.4 Å². The number of sulfonamides is 1. The summed E-state index contributed by atoms with van der Waals surface area (Å²) >= 11 is 0. The average Bonchev–Trinajstić information content (AvgIpc) is 2.85. The molecule has 0 unspecified atom stereocenters. The van der Waals surface area contributed by atoms with E-state index in [9.17, 15) is 13.2 Å². The summed E-state index contributed by atoms with van der Waals surface area (Å²) in [6, 6.07) is 22.1. The molecule has 1 amide bonds. The highest BCUT2D eigenvalue weighted by Crippen LogP contribution is 2.24. The van der Waals surface area contributed by atoms with Gasteiger partial charge in [0.25, 0.3) is 0 Å². The van der Waals surface area contributed by atoms with Crippen LogP contribution in [0, 0.1) is 13.8 Å². The maximum Gasteiger partial charge on any atom is 0.240 e. The molecular weight excluding hydrogens is 462 g/mol. The number of pyridine rings is 1. The van der Waals surface area contributed by atoms with E-state index >= 15 is 0 Å². The van der Waals surface area contributed by atoms with Crippen molar-refractivity contribution in [3.63, 3.8) is 0 Å². The van der Waals surface area contributed by atoms with Crippen molar-refractivity contribution in [2.45, 2.75) is 31.7 Å². The first-order chi connectivity index (χ1) is 16.8. The van der Waals surface area contributed by atoms with Crippen LogP contribution in [0.1, 0.15) is 23.1 Å². The molecule has 0 aliphatic rings. The van der Waals surface area contributed by atoms with Gasteiger partial charge in [-0.05, 0) is 59.5 Å². The Bertz CT molecular complexity index is 1450. The number of aromatic nitrogens is 1. The number of benzene rings is 3. The number of hydrogen-bond donors (Lipinski definition) is 2. The molecule has 0 radical (unpaired) electrons. The molecular formula is C27H27N3O4S. The Kier molecular flexibility index (Phi) is 7.43. The van der Waals surface area contributed by atoms with E-state index in [1.54, 1.807) is 30.5 Å². The minimum atomic E-state index is -3.70. The van der Waals surface area contributed by atoms with Crippen LogP contribution in [0.2, 0.25) is 0 Å². The van der Waals surface area contributed by atoms with Gasteiger partial charge in [-0.15, -0.1) is 0 Å². The van der Waals surface area contributed by atoms with E-state index in [4.69, 9.17) is 4.74 Å². The highest BCUT2D eigenvalue weighted by atomic mass is 32.2. The molecule has 0 saturated heterocycles. The van der Waals surface area contributed by atoms with Gasteiger partial charge in [-0.2, -0.15) is 0 Å². The van der Waals surface area contributed by atoms with Gasteiger partial charge in [-0.3, -0.25) is 4.79 Å². The predicted molar refractivity (Wildman–Crippen MR) is 136 cm³/mol. The Morgan fingerprint density at radius 2 is 1.74 bits per heavy atom. The molecule has 0 saturated carbocycles. The Labute approximate surface area is 205 Å². The highest BCUT2D eigenvalue weighted by molar-refractivity contribution is 7.89. The van der Waals surface area contributed by atoms with Crippen molar-refractivity contribution in [2.75, 3.05) is 6.54 Å². The predicted octanol–water partition coefficient (Wildman–Crippen LogP) is 4.63. The standard InChI is InChI=1S/C27H27N3O4S/c1-19-7-8-20(2)25(15-19)34-27-12-9-21(18-29-27)17-28-26(31)13-14-30-35(32,33)24-11-10-22-5-3-4-6-23(22)16-24/h3-12,15-16,18,30H,13-14,17H2,1-2H3,(H,28,31). The van der Waals surface area contributed by atoms with Crippen LogP contribution in [0.15, 0.2) is 83.9 Å². The molecule has 0 aliphatic carbocycles. The second kappa shape index (κ2) is 10.7. The summed E-state index contributed by atoms with van der Waals surface area (Å²) in [4.78, 5) is 16.7. The van der Waals surface area contributed by atoms with Gasteiger partial charge in [-0.1, -0.05) is 48.5 Å². The van der Waals surface area contributed by atoms with E-state index in [-0.39, 0.29) is 30.3 Å². The van der Waals surface area contributed by atoms with Gasteiger partial charge in [-0.25, -0.2) is 18.1 Å². The number of carbonyl (C=O) groups is 1. The van der Waals surface area contributed by atoms with Crippen LogP contribution in [-0.4, -0.2) is 25.9 Å². The summed E-state index contributed by atoms with van der Waals surface area (Å²) in [7, 11) is -3.70. The lowest BCUT2D eigenvalue weighted by Crippen LogP contribution is -2.30. The van der Waals surface area contributed by atoms with Crippen molar-refractivity contribution in [2.24, 2.45) is 0 Å². The number of rotatable bonds is 9. The fraction of sp³-hybridized carbons (Fsp3) is 0.185. The van der Waals surface area contributed by atoms with Crippen molar-refractivity contribution in [3.05, 3.63) is 95.7 Å². The van der Waals surface area contributed by atoms with Crippen molar-refractivity contribution in [3.8, 4) is 11.6 Å². The smallest absolute Gasteiger partial charge is 0.240 e. The Hall–Kier alpha value is -3.75. The van der Waals surface area contributed by atoms with E-state index in [0.717, 1.165) is 33.2 Å². The molecule has 180 valence electrons. The maximum atomic E-state index is 12.6. The zero-order valence-corrected chi connectivity index (χ0v) is 20.4. The average molecular weight is 490 g/mol. The van der Waals surface area contributed by atoms with E-state index in [1.165, 1.54) is 0 Å². The summed E-state index contributed by atoms with van der Waals surface area (Å²) < 4.78 is 33.5. The van der Waals surface area contributed by atoms with Crippen molar-refractivity contribution in [1.82, 2.24) is 15.0 Å². The fourth-order valence-corrected chi connectivity index (χ4v) is 4.58. The van der Waals surface area contributed by atoms with Crippen LogP contribution in [-0.2, 0) is 21.4 Å². The number of hydrogen-bond acceptors (Lipinski definition) is 5. The number of carbonyl (C=O) groups excluding carboxylic acids is 1. The Morgan fingerprint density at radius 1 is 0.943 bits per heavy atom. The number of aryl methyl sites for hydroxylation is 2. The summed E-state index contributed by atoms with van der Waals surface area (Å²) in [6.07, 6.45) is 1.66. The molecule has 2 N–H and O–H groups in total. The van der Waals surface area contributed by atoms with E-state index < -0.39 is 10.0 Å². The minimum Gasteiger partial charge on any atom is -0.439 e. The van der Waals surface area contributed by atoms with Gasteiger partial charge < -0.3 is 10.1 Å². The van der Waals surface area contributed by atoms with Gasteiger partial charge in [0.05, 0.1) is 4.90 Å². The molecule has 1 aromatic heterocycles. The Balaban J connectivity index is 1.24. The third kappa shape index (κ3) is 6.44. The first-order valence-corrected chi connectivity index (χ1v) is 12.7. The molecule has 4 rings (SSSR count). The lowest BCUT2D eigenvalue weighted by Gasteiger charge is -2.10. The van der Waals surface area contributed by atoms with Crippen molar-refractivity contribution >= 4 is 26.7 Å². The molecule has 0 atom stereocenters. The maximum absolute atomic E-state index is 12.6. The van der Waals surface area contributed by atoms with E-state index in [2.05, 4.69) is 15.0 Å². The zero-order chi connectivity index (χ0) is 24.8. The molecule has 3 aromatic carbocycles. The molecule has 0 fully saturated rings. The van der Waals surface area contributed by atoms with Crippen LogP contribution in [0.25, 0.3) is 10.8 Å². The van der Waals surface area contributed by atoms with Crippen LogP contribution < -0.4 is 14.8 Å². The molecule has 8 heteroatoms. The van der Waals surface area contributed by atoms with Gasteiger partial charge in [0.1, 0.15) is 5.75 Å². The topological polar surface area (TPSA) is 97.4 Å². The highest BCUT2D eigenvalue weighted by Gasteiger charge is 2.15. The van der Waals surface area contributed by atoms with Gasteiger partial charge in [0, 0.05) is 31.8 Å². The largest absolute Gasteiger partial charge is 0.439 e. The molecule has 7 nitrogen and oxygen atoms in total. The molecule has 0 bridgehead atoms. The first-order valence-electron chi connectivity index (χ1n) is 11.3. The SMILES string of the molecule is Cc1ccc(C)c(Oc2ccc(CNC(=O)CCNS(=O)(=O)c3ccc4ccccc4c3)cn2)c1. The number of nitrogens with one attached hydrogen (secondary N) is 2. The molecule has 0 aliphatic heterocycles. The van der Waals surface area contributed by atoms with Crippen molar-refractivity contribution < 1.29 is 17.9 Å². The summed E-state index contributed by atoms with van der Waals surface area (Å²) in [5.41, 5.74) is 2.93. The number of amides is 1. The summed E-state index contributed by atoms with van der Waals surface area (Å²) in [6.45, 7) is 4.26. The number of ether oxygens (including phenoxy) is 1. The lowest BCUT2D eigenvalue weighted by molar-refractivity contribution is -0.121. The monoisotopic (exact) mass is 489 g/mol. The third-order valence-corrected chi connectivity index (χ3v) is 6.98. The quantitative estimate of drug-likeness (QED) is 0.357. The molecule has 35 heavy (non-hydrogen) atoms. The normalized spacial score (nSPS) is 11.4. The molecule has 4 aromatic rings. The number of nitrogens with zero attached hydrogens (tertiary/aromatic N) is 1. The minimum absolute atomic E-state index is 0.00185. The lowest BCUT2D eigenvalue weighted by atomic mass is 10.1. The van der Waals surface area contributed by atoms with E-state index in [0.29, 0.717) is 5.88 Å². The van der Waals surface area contributed by atoms with Crippen LogP contribution >= 0.6 is 0 Å². The van der Waals surface area contributed by atoms with Gasteiger partial charge in [0.2, 0.25) is 21.8 Å². The third-order valence-electron chi connectivity index (χ3n) is 5.52. The van der Waals surface area contributed by atoms with Gasteiger partial charge >= 0.3 is 0 Å². The number of fused-ring (bicyclic) bond motifs is 1.